The molecule has 1 aromatic carbocycles. The lowest BCUT2D eigenvalue weighted by molar-refractivity contribution is -0.127. The second-order valence-corrected chi connectivity index (χ2v) is 8.57. The van der Waals surface area contributed by atoms with Crippen LogP contribution in [0, 0.1) is 5.92 Å². The van der Waals surface area contributed by atoms with Crippen LogP contribution in [0.1, 0.15) is 54.9 Å². The minimum absolute atomic E-state index is 0.0935. The molecule has 4 rings (SSSR count). The Morgan fingerprint density at radius 2 is 1.94 bits per heavy atom. The summed E-state index contributed by atoms with van der Waals surface area (Å²) in [6, 6.07) is 7.16. The summed E-state index contributed by atoms with van der Waals surface area (Å²) in [5.74, 6) is 0.638. The molecule has 3 N–H and O–H groups in total. The van der Waals surface area contributed by atoms with Crippen molar-refractivity contribution in [3.8, 4) is 0 Å². The lowest BCUT2D eigenvalue weighted by Gasteiger charge is -2.29. The van der Waals surface area contributed by atoms with E-state index in [4.69, 9.17) is 11.6 Å². The van der Waals surface area contributed by atoms with Gasteiger partial charge in [-0.2, -0.15) is 0 Å². The predicted octanol–water partition coefficient (Wildman–Crippen LogP) is 4.15. The summed E-state index contributed by atoms with van der Waals surface area (Å²) in [4.78, 5) is 36.7. The van der Waals surface area contributed by atoms with E-state index in [-0.39, 0.29) is 17.6 Å². The molecule has 0 saturated heterocycles. The molecule has 1 atom stereocenters. The van der Waals surface area contributed by atoms with Crippen molar-refractivity contribution >= 4 is 40.0 Å². The second-order valence-electron chi connectivity index (χ2n) is 8.17. The van der Waals surface area contributed by atoms with Gasteiger partial charge in [-0.25, -0.2) is 9.97 Å². The number of aromatic amines is 1. The van der Waals surface area contributed by atoms with E-state index in [1.54, 1.807) is 30.5 Å². The molecule has 0 radical (unpaired) electrons. The zero-order valence-corrected chi connectivity index (χ0v) is 18.0. The molecule has 0 aliphatic heterocycles. The highest BCUT2D eigenvalue weighted by atomic mass is 35.5. The number of ketones is 2. The van der Waals surface area contributed by atoms with E-state index in [2.05, 4.69) is 20.3 Å². The van der Waals surface area contributed by atoms with Crippen molar-refractivity contribution in [3.05, 3.63) is 52.9 Å². The lowest BCUT2D eigenvalue weighted by atomic mass is 9.82. The Kier molecular flexibility index (Phi) is 6.34. The number of aromatic nitrogens is 3. The first kappa shape index (κ1) is 21.5. The number of hydrogen-bond acceptors (Lipinski definition) is 6. The Hall–Kier alpha value is -2.77. The summed E-state index contributed by atoms with van der Waals surface area (Å²) in [6.45, 7) is 1.52. The summed E-state index contributed by atoms with van der Waals surface area (Å²) in [6.07, 6.45) is 6.24. The van der Waals surface area contributed by atoms with Crippen LogP contribution in [0.15, 0.2) is 36.8 Å². The number of benzene rings is 1. The van der Waals surface area contributed by atoms with Gasteiger partial charge in [0.25, 0.3) is 0 Å². The number of nitrogens with one attached hydrogen (secondary N) is 2. The number of Topliss-reactive ketones (excluding diaryl/α,β-unsaturated/α-hetero) is 1. The van der Waals surface area contributed by atoms with E-state index in [9.17, 15) is 14.7 Å². The number of rotatable bonds is 7. The SMILES string of the molecule is C[C@H](O)C(=O)CC1CCC(Nc2ncnc3[nH]cc(C(=O)c4ccccc4Cl)c23)CC1. The van der Waals surface area contributed by atoms with Crippen molar-refractivity contribution in [1.82, 2.24) is 15.0 Å². The van der Waals surface area contributed by atoms with Crippen LogP contribution >= 0.6 is 11.6 Å². The van der Waals surface area contributed by atoms with E-state index in [0.717, 1.165) is 25.7 Å². The van der Waals surface area contributed by atoms with Gasteiger partial charge in [-0.05, 0) is 50.7 Å². The van der Waals surface area contributed by atoms with Gasteiger partial charge in [0, 0.05) is 24.2 Å². The number of aliphatic hydroxyl groups excluding tert-OH is 1. The van der Waals surface area contributed by atoms with Crippen molar-refractivity contribution in [3.63, 3.8) is 0 Å². The number of hydrogen-bond donors (Lipinski definition) is 3. The average Bonchev–Trinajstić information content (AvgIpc) is 3.20. The zero-order valence-electron chi connectivity index (χ0n) is 17.3. The molecule has 0 spiro atoms. The molecule has 0 bridgehead atoms. The van der Waals surface area contributed by atoms with Crippen LogP contribution in [-0.4, -0.2) is 43.8 Å². The first-order chi connectivity index (χ1) is 14.9. The molecule has 2 heterocycles. The maximum atomic E-state index is 13.1. The molecule has 3 aromatic rings. The van der Waals surface area contributed by atoms with E-state index in [1.165, 1.54) is 13.3 Å². The van der Waals surface area contributed by atoms with Gasteiger partial charge in [0.1, 0.15) is 23.9 Å². The Morgan fingerprint density at radius 3 is 2.65 bits per heavy atom. The van der Waals surface area contributed by atoms with E-state index < -0.39 is 6.10 Å². The van der Waals surface area contributed by atoms with Gasteiger partial charge in [0.05, 0.1) is 16.0 Å². The number of halogens is 1. The monoisotopic (exact) mass is 440 g/mol. The third-order valence-electron chi connectivity index (χ3n) is 5.98. The first-order valence-corrected chi connectivity index (χ1v) is 10.9. The molecular formula is C23H25ClN4O3. The molecular weight excluding hydrogens is 416 g/mol. The number of fused-ring (bicyclic) bond motifs is 1. The molecule has 162 valence electrons. The van der Waals surface area contributed by atoms with Gasteiger partial charge in [-0.3, -0.25) is 9.59 Å². The minimum atomic E-state index is -0.896. The number of aliphatic hydroxyl groups is 1. The van der Waals surface area contributed by atoms with Gasteiger partial charge in [-0.15, -0.1) is 0 Å². The van der Waals surface area contributed by atoms with Crippen LogP contribution < -0.4 is 5.32 Å². The molecule has 1 aliphatic rings. The topological polar surface area (TPSA) is 108 Å². The van der Waals surface area contributed by atoms with Gasteiger partial charge < -0.3 is 15.4 Å². The van der Waals surface area contributed by atoms with Crippen molar-refractivity contribution in [2.45, 2.75) is 51.2 Å². The van der Waals surface area contributed by atoms with Crippen LogP contribution in [0.3, 0.4) is 0 Å². The number of anilines is 1. The van der Waals surface area contributed by atoms with Crippen molar-refractivity contribution in [2.75, 3.05) is 5.32 Å². The van der Waals surface area contributed by atoms with Gasteiger partial charge >= 0.3 is 0 Å². The quantitative estimate of drug-likeness (QED) is 0.476. The summed E-state index contributed by atoms with van der Waals surface area (Å²) in [5.41, 5.74) is 1.50. The standard InChI is InChI=1S/C23H25ClN4O3/c1-13(29)19(30)10-14-6-8-15(9-7-14)28-23-20-17(11-25-22(20)26-12-27-23)21(31)16-4-2-3-5-18(16)24/h2-5,11-15,29H,6-10H2,1H3,(H2,25,26,27,28)/t13-,14?,15?/m0/s1. The van der Waals surface area contributed by atoms with Crippen molar-refractivity contribution in [1.29, 1.82) is 0 Å². The zero-order chi connectivity index (χ0) is 22.0. The summed E-state index contributed by atoms with van der Waals surface area (Å²) < 4.78 is 0. The van der Waals surface area contributed by atoms with Crippen LogP contribution in [0.2, 0.25) is 5.02 Å². The molecule has 0 unspecified atom stereocenters. The molecule has 31 heavy (non-hydrogen) atoms. The molecule has 2 aromatic heterocycles. The molecule has 7 nitrogen and oxygen atoms in total. The fourth-order valence-corrected chi connectivity index (χ4v) is 4.42. The third-order valence-corrected chi connectivity index (χ3v) is 6.31. The fraction of sp³-hybridized carbons (Fsp3) is 0.391. The van der Waals surface area contributed by atoms with E-state index >= 15 is 0 Å². The summed E-state index contributed by atoms with van der Waals surface area (Å²) in [5, 5.41) is 14.0. The Balaban J connectivity index is 1.52. The largest absolute Gasteiger partial charge is 0.386 e. The Labute approximate surface area is 185 Å². The smallest absolute Gasteiger partial charge is 0.196 e. The van der Waals surface area contributed by atoms with Crippen LogP contribution in [0.25, 0.3) is 11.0 Å². The highest BCUT2D eigenvalue weighted by Crippen LogP contribution is 2.32. The van der Waals surface area contributed by atoms with Crippen LogP contribution in [-0.2, 0) is 4.79 Å². The molecule has 1 aliphatic carbocycles. The van der Waals surface area contributed by atoms with Gasteiger partial charge in [-0.1, -0.05) is 23.7 Å². The van der Waals surface area contributed by atoms with Crippen molar-refractivity contribution in [2.24, 2.45) is 5.92 Å². The van der Waals surface area contributed by atoms with Crippen LogP contribution in [0.5, 0.6) is 0 Å². The lowest BCUT2D eigenvalue weighted by Crippen LogP contribution is -2.29. The maximum absolute atomic E-state index is 13.1. The van der Waals surface area contributed by atoms with Crippen molar-refractivity contribution < 1.29 is 14.7 Å². The number of carbonyl (C=O) groups excluding carboxylic acids is 2. The predicted molar refractivity (Wildman–Crippen MR) is 119 cm³/mol. The summed E-state index contributed by atoms with van der Waals surface area (Å²) >= 11 is 6.23. The average molecular weight is 441 g/mol. The Bertz CT molecular complexity index is 1100. The molecule has 1 saturated carbocycles. The number of H-pyrrole nitrogens is 1. The van der Waals surface area contributed by atoms with Gasteiger partial charge in [0.15, 0.2) is 11.6 Å². The van der Waals surface area contributed by atoms with Gasteiger partial charge in [0.2, 0.25) is 0 Å². The Morgan fingerprint density at radius 1 is 1.19 bits per heavy atom. The highest BCUT2D eigenvalue weighted by molar-refractivity contribution is 6.35. The fourth-order valence-electron chi connectivity index (χ4n) is 4.20. The minimum Gasteiger partial charge on any atom is -0.386 e. The number of carbonyl (C=O) groups is 2. The third kappa shape index (κ3) is 4.62. The molecule has 8 heteroatoms. The summed E-state index contributed by atoms with van der Waals surface area (Å²) in [7, 11) is 0. The molecule has 1 fully saturated rings. The van der Waals surface area contributed by atoms with E-state index in [1.807, 2.05) is 0 Å². The second kappa shape index (κ2) is 9.16. The normalized spacial score (nSPS) is 19.8. The van der Waals surface area contributed by atoms with E-state index in [0.29, 0.717) is 45.3 Å². The number of nitrogens with zero attached hydrogens (tertiary/aromatic N) is 2. The maximum Gasteiger partial charge on any atom is 0.196 e. The van der Waals surface area contributed by atoms with Crippen LogP contribution in [0.4, 0.5) is 5.82 Å². The molecule has 0 amide bonds. The first-order valence-electron chi connectivity index (χ1n) is 10.5. The highest BCUT2D eigenvalue weighted by Gasteiger charge is 2.26.